The number of aliphatic carboxylic acids is 1. The van der Waals surface area contributed by atoms with Gasteiger partial charge in [0.2, 0.25) is 5.22 Å². The molecule has 2 aromatic heterocycles. The Kier molecular flexibility index (Phi) is 2.78. The van der Waals surface area contributed by atoms with Gasteiger partial charge in [0.15, 0.2) is 5.82 Å². The highest BCUT2D eigenvalue weighted by atomic mass is 35.5. The van der Waals surface area contributed by atoms with Crippen molar-refractivity contribution >= 4 is 17.6 Å². The van der Waals surface area contributed by atoms with Gasteiger partial charge in [-0.2, -0.15) is 0 Å². The van der Waals surface area contributed by atoms with Crippen LogP contribution >= 0.6 is 11.6 Å². The number of nitrogens with zero attached hydrogens (tertiary/aromatic N) is 4. The highest BCUT2D eigenvalue weighted by Crippen LogP contribution is 2.43. The zero-order valence-electron chi connectivity index (χ0n) is 9.91. The highest BCUT2D eigenvalue weighted by Gasteiger charge is 2.45. The van der Waals surface area contributed by atoms with Crippen LogP contribution in [0.25, 0.3) is 11.4 Å². The summed E-state index contributed by atoms with van der Waals surface area (Å²) in [6.45, 7) is 0.242. The predicted molar refractivity (Wildman–Crippen MR) is 64.4 cm³/mol. The highest BCUT2D eigenvalue weighted by molar-refractivity contribution is 6.31. The molecule has 1 saturated carbocycles. The zero-order chi connectivity index (χ0) is 13.5. The second-order valence-corrected chi connectivity index (χ2v) is 5.05. The molecule has 0 bridgehead atoms. The molecule has 1 aliphatic carbocycles. The van der Waals surface area contributed by atoms with Crippen molar-refractivity contribution in [3.8, 4) is 11.4 Å². The maximum Gasteiger partial charge on any atom is 0.311 e. The summed E-state index contributed by atoms with van der Waals surface area (Å²) in [5.74, 6) is -0.384. The maximum atomic E-state index is 11.4. The Morgan fingerprint density at radius 1 is 1.58 bits per heavy atom. The number of carboxylic acids is 1. The molecule has 7 nitrogen and oxygen atoms in total. The monoisotopic (exact) mass is 282 g/mol. The lowest BCUT2D eigenvalue weighted by Gasteiger charge is -2.37. The number of hydrogen-bond acceptors (Lipinski definition) is 5. The third kappa shape index (κ3) is 1.90. The van der Waals surface area contributed by atoms with Crippen molar-refractivity contribution in [1.29, 1.82) is 0 Å². The molecule has 0 atom stereocenters. The van der Waals surface area contributed by atoms with Gasteiger partial charge in [-0.05, 0) is 40.9 Å². The number of furan rings is 1. The Labute approximate surface area is 113 Å². The average Bonchev–Trinajstić information content (AvgIpc) is 2.91. The molecule has 0 saturated heterocycles. The van der Waals surface area contributed by atoms with Crippen molar-refractivity contribution in [3.05, 3.63) is 17.5 Å². The van der Waals surface area contributed by atoms with Crippen LogP contribution in [0.5, 0.6) is 0 Å². The normalized spacial score (nSPS) is 17.1. The lowest BCUT2D eigenvalue weighted by atomic mass is 9.69. The predicted octanol–water partition coefficient (Wildman–Crippen LogP) is 1.84. The largest absolute Gasteiger partial charge is 0.481 e. The number of aromatic nitrogens is 4. The summed E-state index contributed by atoms with van der Waals surface area (Å²) in [5, 5.41) is 20.9. The minimum Gasteiger partial charge on any atom is -0.481 e. The summed E-state index contributed by atoms with van der Waals surface area (Å²) in [6.07, 6.45) is 3.63. The smallest absolute Gasteiger partial charge is 0.311 e. The molecule has 1 N–H and O–H groups in total. The molecule has 0 spiro atoms. The van der Waals surface area contributed by atoms with Crippen LogP contribution < -0.4 is 0 Å². The van der Waals surface area contributed by atoms with Gasteiger partial charge >= 0.3 is 5.97 Å². The first-order chi connectivity index (χ1) is 9.12. The van der Waals surface area contributed by atoms with Gasteiger partial charge in [0.1, 0.15) is 0 Å². The zero-order valence-corrected chi connectivity index (χ0v) is 10.7. The van der Waals surface area contributed by atoms with Gasteiger partial charge in [-0.1, -0.05) is 6.42 Å². The number of halogens is 1. The van der Waals surface area contributed by atoms with E-state index in [1.54, 1.807) is 6.07 Å². The second kappa shape index (κ2) is 4.34. The van der Waals surface area contributed by atoms with Crippen LogP contribution in [-0.4, -0.2) is 31.3 Å². The summed E-state index contributed by atoms with van der Waals surface area (Å²) in [4.78, 5) is 11.4. The van der Waals surface area contributed by atoms with Crippen LogP contribution in [-0.2, 0) is 11.3 Å². The molecule has 3 rings (SSSR count). The van der Waals surface area contributed by atoms with Gasteiger partial charge in [-0.3, -0.25) is 4.79 Å². The topological polar surface area (TPSA) is 94.0 Å². The fourth-order valence-corrected chi connectivity index (χ4v) is 2.49. The minimum atomic E-state index is -0.807. The lowest BCUT2D eigenvalue weighted by Crippen LogP contribution is -2.42. The van der Waals surface area contributed by atoms with E-state index in [1.807, 2.05) is 0 Å². The van der Waals surface area contributed by atoms with Crippen molar-refractivity contribution in [2.75, 3.05) is 0 Å². The molecule has 19 heavy (non-hydrogen) atoms. The molecule has 100 valence electrons. The van der Waals surface area contributed by atoms with Crippen molar-refractivity contribution in [3.63, 3.8) is 0 Å². The number of hydrogen-bond donors (Lipinski definition) is 1. The van der Waals surface area contributed by atoms with E-state index in [-0.39, 0.29) is 11.8 Å². The van der Waals surface area contributed by atoms with Crippen LogP contribution in [0.1, 0.15) is 19.3 Å². The SMILES string of the molecule is O=C(O)C1(Cn2nnnc2-c2ccoc2Cl)CCC1. The van der Waals surface area contributed by atoms with E-state index in [4.69, 9.17) is 16.0 Å². The van der Waals surface area contributed by atoms with E-state index in [2.05, 4.69) is 15.5 Å². The molecule has 0 aliphatic heterocycles. The Morgan fingerprint density at radius 2 is 2.37 bits per heavy atom. The molecule has 1 fully saturated rings. The number of tetrazole rings is 1. The van der Waals surface area contributed by atoms with Gasteiger partial charge in [0.05, 0.1) is 23.8 Å². The fraction of sp³-hybridized carbons (Fsp3) is 0.455. The average molecular weight is 283 g/mol. The van der Waals surface area contributed by atoms with Gasteiger partial charge < -0.3 is 9.52 Å². The Bertz CT molecular complexity index is 617. The van der Waals surface area contributed by atoms with E-state index in [0.717, 1.165) is 6.42 Å². The Hall–Kier alpha value is -1.89. The third-order valence-corrected chi connectivity index (χ3v) is 3.90. The molecule has 0 amide bonds. The van der Waals surface area contributed by atoms with E-state index in [9.17, 15) is 9.90 Å². The first kappa shape index (κ1) is 12.2. The molecular formula is C11H11ClN4O3. The molecule has 0 aromatic carbocycles. The van der Waals surface area contributed by atoms with Gasteiger partial charge in [-0.25, -0.2) is 4.68 Å². The van der Waals surface area contributed by atoms with Crippen LogP contribution in [0.2, 0.25) is 5.22 Å². The summed E-state index contributed by atoms with van der Waals surface area (Å²) in [5.41, 5.74) is -0.202. The first-order valence-corrected chi connectivity index (χ1v) is 6.23. The quantitative estimate of drug-likeness (QED) is 0.919. The first-order valence-electron chi connectivity index (χ1n) is 5.85. The van der Waals surface area contributed by atoms with Crippen LogP contribution in [0.4, 0.5) is 0 Å². The molecular weight excluding hydrogens is 272 g/mol. The molecule has 0 unspecified atom stereocenters. The van der Waals surface area contributed by atoms with Crippen molar-refractivity contribution in [2.24, 2.45) is 5.41 Å². The van der Waals surface area contributed by atoms with Crippen molar-refractivity contribution in [2.45, 2.75) is 25.8 Å². The summed E-state index contributed by atoms with van der Waals surface area (Å²) in [7, 11) is 0. The maximum absolute atomic E-state index is 11.4. The second-order valence-electron chi connectivity index (χ2n) is 4.71. The summed E-state index contributed by atoms with van der Waals surface area (Å²) in [6, 6.07) is 1.65. The Balaban J connectivity index is 1.93. The Morgan fingerprint density at radius 3 is 2.89 bits per heavy atom. The lowest BCUT2D eigenvalue weighted by molar-refractivity contribution is -0.156. The number of carbonyl (C=O) groups is 1. The molecule has 8 heteroatoms. The minimum absolute atomic E-state index is 0.189. The molecule has 2 aromatic rings. The standard InChI is InChI=1S/C11H11ClN4O3/c12-8-7(2-5-19-8)9-13-14-15-16(9)6-11(10(17)18)3-1-4-11/h2,5H,1,3-4,6H2,(H,17,18). The van der Waals surface area contributed by atoms with Crippen LogP contribution in [0.15, 0.2) is 16.7 Å². The van der Waals surface area contributed by atoms with Gasteiger partial charge in [-0.15, -0.1) is 5.10 Å². The summed E-state index contributed by atoms with van der Waals surface area (Å²) >= 11 is 5.89. The van der Waals surface area contributed by atoms with Crippen LogP contribution in [0.3, 0.4) is 0 Å². The van der Waals surface area contributed by atoms with Crippen molar-refractivity contribution < 1.29 is 14.3 Å². The van der Waals surface area contributed by atoms with Gasteiger partial charge in [0.25, 0.3) is 0 Å². The van der Waals surface area contributed by atoms with E-state index < -0.39 is 11.4 Å². The molecule has 1 aliphatic rings. The summed E-state index contributed by atoms with van der Waals surface area (Å²) < 4.78 is 6.48. The van der Waals surface area contributed by atoms with Gasteiger partial charge in [0, 0.05) is 0 Å². The van der Waals surface area contributed by atoms with E-state index in [0.29, 0.717) is 24.2 Å². The van der Waals surface area contributed by atoms with E-state index in [1.165, 1.54) is 10.9 Å². The fourth-order valence-electron chi connectivity index (χ4n) is 2.29. The van der Waals surface area contributed by atoms with E-state index >= 15 is 0 Å². The molecule has 2 heterocycles. The molecule has 0 radical (unpaired) electrons. The van der Waals surface area contributed by atoms with Crippen LogP contribution in [0, 0.1) is 5.41 Å². The van der Waals surface area contributed by atoms with Crippen molar-refractivity contribution in [1.82, 2.24) is 20.2 Å². The third-order valence-electron chi connectivity index (χ3n) is 3.61. The number of rotatable bonds is 4. The number of carboxylic acid groups (broad SMARTS) is 1.